The van der Waals surface area contributed by atoms with Crippen LogP contribution in [0.25, 0.3) is 0 Å². The van der Waals surface area contributed by atoms with Crippen LogP contribution in [0.5, 0.6) is 0 Å². The van der Waals surface area contributed by atoms with Crippen molar-refractivity contribution in [3.63, 3.8) is 0 Å². The number of methoxy groups -OCH3 is 1. The number of carbonyl (C=O) groups is 5. The molecule has 0 bridgehead atoms. The van der Waals surface area contributed by atoms with E-state index in [0.29, 0.717) is 52.4 Å². The summed E-state index contributed by atoms with van der Waals surface area (Å²) >= 11 is 0. The molecular formula is C31H54N4O9. The van der Waals surface area contributed by atoms with Crippen molar-refractivity contribution in [3.8, 4) is 0 Å². The summed E-state index contributed by atoms with van der Waals surface area (Å²) in [6.45, 7) is 2.86. The van der Waals surface area contributed by atoms with Crippen LogP contribution in [0.3, 0.4) is 0 Å². The molecule has 1 atom stereocenters. The highest BCUT2D eigenvalue weighted by Gasteiger charge is 2.22. The Morgan fingerprint density at radius 1 is 0.773 bits per heavy atom. The van der Waals surface area contributed by atoms with Crippen LogP contribution in [0.2, 0.25) is 0 Å². The Labute approximate surface area is 262 Å². The Morgan fingerprint density at radius 3 is 2.11 bits per heavy atom. The van der Waals surface area contributed by atoms with Crippen molar-refractivity contribution in [1.29, 1.82) is 0 Å². The van der Waals surface area contributed by atoms with Gasteiger partial charge in [-0.1, -0.05) is 45.2 Å². The van der Waals surface area contributed by atoms with Crippen LogP contribution in [0, 0.1) is 0 Å². The Balaban J connectivity index is 0. The predicted octanol–water partition coefficient (Wildman–Crippen LogP) is 1.95. The molecule has 13 heteroatoms. The number of ketones is 2. The first-order valence-electron chi connectivity index (χ1n) is 14.2. The number of hydrogen-bond donors (Lipinski definition) is 4. The van der Waals surface area contributed by atoms with Gasteiger partial charge in [-0.15, -0.1) is 0 Å². The van der Waals surface area contributed by atoms with Crippen LogP contribution < -0.4 is 21.7 Å². The molecule has 1 aromatic rings. The second kappa shape index (κ2) is 28.4. The van der Waals surface area contributed by atoms with E-state index < -0.39 is 18.0 Å². The molecule has 3 amide bonds. The molecule has 0 saturated carbocycles. The molecule has 0 aliphatic heterocycles. The van der Waals surface area contributed by atoms with Crippen LogP contribution in [-0.2, 0) is 44.5 Å². The number of carbonyl (C=O) groups excluding carboxylic acids is 5. The minimum Gasteiger partial charge on any atom is -0.447 e. The first kappa shape index (κ1) is 42.7. The van der Waals surface area contributed by atoms with Gasteiger partial charge in [-0.2, -0.15) is 0 Å². The molecule has 0 saturated heterocycles. The van der Waals surface area contributed by atoms with Crippen LogP contribution in [0.4, 0.5) is 4.79 Å². The second-order valence-electron chi connectivity index (χ2n) is 9.37. The first-order valence-corrected chi connectivity index (χ1v) is 14.2. The molecule has 0 aliphatic rings. The lowest BCUT2D eigenvalue weighted by Crippen LogP contribution is -2.43. The van der Waals surface area contributed by atoms with Gasteiger partial charge in [0, 0.05) is 52.6 Å². The summed E-state index contributed by atoms with van der Waals surface area (Å²) in [7, 11) is 1.59. The molecule has 0 heterocycles. The molecule has 0 fully saturated rings. The van der Waals surface area contributed by atoms with Gasteiger partial charge < -0.3 is 40.6 Å². The van der Waals surface area contributed by atoms with Crippen molar-refractivity contribution in [2.45, 2.75) is 65.8 Å². The van der Waals surface area contributed by atoms with Gasteiger partial charge in [0.2, 0.25) is 11.8 Å². The van der Waals surface area contributed by atoms with Gasteiger partial charge >= 0.3 is 6.09 Å². The molecule has 252 valence electrons. The molecule has 5 N–H and O–H groups in total. The summed E-state index contributed by atoms with van der Waals surface area (Å²) in [4.78, 5) is 61.6. The van der Waals surface area contributed by atoms with E-state index in [4.69, 9.17) is 24.7 Å². The SMILES string of the molecule is C.C.COCCOCCCNC(=O)CCC(=O)C(Cc1ccccc1)NC(=O)CCC(=O)CNC(=O)OCCOCCCN. The quantitative estimate of drug-likeness (QED) is 0.117. The molecular weight excluding hydrogens is 572 g/mol. The monoisotopic (exact) mass is 626 g/mol. The number of hydrogen-bond acceptors (Lipinski definition) is 10. The minimum atomic E-state index is -0.850. The van der Waals surface area contributed by atoms with Crippen molar-refractivity contribution in [2.24, 2.45) is 5.73 Å². The number of alkyl carbamates (subject to hydrolysis) is 1. The number of nitrogens with one attached hydrogen (secondary N) is 3. The average molecular weight is 627 g/mol. The van der Waals surface area contributed by atoms with E-state index in [-0.39, 0.29) is 84.2 Å². The minimum absolute atomic E-state index is 0. The zero-order chi connectivity index (χ0) is 30.8. The van der Waals surface area contributed by atoms with Crippen LogP contribution in [-0.4, -0.2) is 102 Å². The highest BCUT2D eigenvalue weighted by Crippen LogP contribution is 2.08. The van der Waals surface area contributed by atoms with Gasteiger partial charge in [-0.3, -0.25) is 19.2 Å². The predicted molar refractivity (Wildman–Crippen MR) is 168 cm³/mol. The molecule has 0 radical (unpaired) electrons. The van der Waals surface area contributed by atoms with Crippen LogP contribution >= 0.6 is 0 Å². The lowest BCUT2D eigenvalue weighted by atomic mass is 9.99. The molecule has 0 aliphatic carbocycles. The number of Topliss-reactive ketones (excluding diaryl/α,β-unsaturated/α-hetero) is 2. The van der Waals surface area contributed by atoms with Gasteiger partial charge in [0.05, 0.1) is 32.4 Å². The maximum atomic E-state index is 13.0. The van der Waals surface area contributed by atoms with Crippen molar-refractivity contribution in [3.05, 3.63) is 35.9 Å². The number of rotatable bonds is 25. The molecule has 1 rings (SSSR count). The maximum absolute atomic E-state index is 13.0. The summed E-state index contributed by atoms with van der Waals surface area (Å²) in [5.74, 6) is -1.39. The van der Waals surface area contributed by atoms with Crippen LogP contribution in [0.1, 0.15) is 58.9 Å². The summed E-state index contributed by atoms with van der Waals surface area (Å²) in [6.07, 6.45) is 0.498. The fourth-order valence-corrected chi connectivity index (χ4v) is 3.55. The Morgan fingerprint density at radius 2 is 1.43 bits per heavy atom. The van der Waals surface area contributed by atoms with Gasteiger partial charge in [-0.05, 0) is 31.4 Å². The highest BCUT2D eigenvalue weighted by atomic mass is 16.6. The Bertz CT molecular complexity index is 932. The van der Waals surface area contributed by atoms with Crippen molar-refractivity contribution >= 4 is 29.5 Å². The fourth-order valence-electron chi connectivity index (χ4n) is 3.55. The summed E-state index contributed by atoms with van der Waals surface area (Å²) in [6, 6.07) is 8.34. The lowest BCUT2D eigenvalue weighted by Gasteiger charge is -2.18. The largest absolute Gasteiger partial charge is 0.447 e. The van der Waals surface area contributed by atoms with E-state index in [9.17, 15) is 24.0 Å². The topological polar surface area (TPSA) is 184 Å². The summed E-state index contributed by atoms with van der Waals surface area (Å²) < 4.78 is 20.4. The molecule has 0 aromatic heterocycles. The zero-order valence-electron chi connectivity index (χ0n) is 24.5. The molecule has 1 aromatic carbocycles. The van der Waals surface area contributed by atoms with Crippen molar-refractivity contribution in [2.75, 3.05) is 66.4 Å². The van der Waals surface area contributed by atoms with Crippen LogP contribution in [0.15, 0.2) is 30.3 Å². The van der Waals surface area contributed by atoms with Gasteiger partial charge in [0.25, 0.3) is 0 Å². The molecule has 13 nitrogen and oxygen atoms in total. The van der Waals surface area contributed by atoms with Crippen molar-refractivity contribution < 1.29 is 42.9 Å². The van der Waals surface area contributed by atoms with E-state index in [2.05, 4.69) is 16.0 Å². The Hall–Kier alpha value is -3.39. The van der Waals surface area contributed by atoms with Gasteiger partial charge in [0.1, 0.15) is 6.61 Å². The molecule has 1 unspecified atom stereocenters. The second-order valence-corrected chi connectivity index (χ2v) is 9.37. The fraction of sp³-hybridized carbons (Fsp3) is 0.645. The van der Waals surface area contributed by atoms with E-state index in [0.717, 1.165) is 5.56 Å². The van der Waals surface area contributed by atoms with E-state index >= 15 is 0 Å². The molecule has 0 spiro atoms. The smallest absolute Gasteiger partial charge is 0.407 e. The van der Waals surface area contributed by atoms with E-state index in [1.165, 1.54) is 0 Å². The van der Waals surface area contributed by atoms with Crippen molar-refractivity contribution in [1.82, 2.24) is 16.0 Å². The third-order valence-electron chi connectivity index (χ3n) is 5.84. The average Bonchev–Trinajstić information content (AvgIpc) is 2.99. The standard InChI is InChI=1S/C29H46N4O9.2CH4/c1-39-17-18-41-16-6-14-31-27(36)12-10-26(35)25(21-23-7-3-2-4-8-23)33-28(37)11-9-24(34)22-32-29(38)42-20-19-40-15-5-13-30;;/h2-4,7-8,25H,5-6,9-22,30H2,1H3,(H,31,36)(H,32,38)(H,33,37);2*1H4. The van der Waals surface area contributed by atoms with E-state index in [1.54, 1.807) is 7.11 Å². The highest BCUT2D eigenvalue weighted by molar-refractivity contribution is 5.93. The Kier molecular flexibility index (Phi) is 27.6. The summed E-state index contributed by atoms with van der Waals surface area (Å²) in [5, 5.41) is 7.79. The molecule has 44 heavy (non-hydrogen) atoms. The maximum Gasteiger partial charge on any atom is 0.407 e. The normalized spacial score (nSPS) is 10.9. The number of ether oxygens (including phenoxy) is 4. The van der Waals surface area contributed by atoms with Gasteiger partial charge in [0.15, 0.2) is 11.6 Å². The first-order chi connectivity index (χ1) is 20.3. The third kappa shape index (κ3) is 23.1. The third-order valence-corrected chi connectivity index (χ3v) is 5.84. The summed E-state index contributed by atoms with van der Waals surface area (Å²) in [5.41, 5.74) is 6.20. The number of benzene rings is 1. The number of amides is 3. The van der Waals surface area contributed by atoms with Gasteiger partial charge in [-0.25, -0.2) is 4.79 Å². The van der Waals surface area contributed by atoms with E-state index in [1.807, 2.05) is 30.3 Å². The number of nitrogens with two attached hydrogens (primary N) is 1. The zero-order valence-corrected chi connectivity index (χ0v) is 24.5. The lowest BCUT2D eigenvalue weighted by molar-refractivity contribution is -0.130.